The number of benzene rings is 3. The van der Waals surface area contributed by atoms with Gasteiger partial charge in [-0.05, 0) is 28.5 Å². The standard InChI is InChI=1S/C24H21N3O3S/c1-30-21-12-5-4-11-19(21)20-15-31-24(26-20)27-23(29)14-25-22(28)13-17-9-6-8-16-7-2-3-10-18(16)17/h2-12,15H,13-14H2,1H3,(H,25,28)(H,26,27,29). The van der Waals surface area contributed by atoms with E-state index >= 15 is 0 Å². The van der Waals surface area contributed by atoms with Gasteiger partial charge in [0.15, 0.2) is 5.13 Å². The van der Waals surface area contributed by atoms with Gasteiger partial charge in [-0.2, -0.15) is 0 Å². The maximum Gasteiger partial charge on any atom is 0.245 e. The van der Waals surface area contributed by atoms with Crippen molar-refractivity contribution >= 4 is 39.1 Å². The topological polar surface area (TPSA) is 80.3 Å². The fourth-order valence-corrected chi connectivity index (χ4v) is 4.06. The Labute approximate surface area is 183 Å². The van der Waals surface area contributed by atoms with Gasteiger partial charge in [0.1, 0.15) is 5.75 Å². The quantitative estimate of drug-likeness (QED) is 0.458. The van der Waals surface area contributed by atoms with Crippen LogP contribution in [-0.2, 0) is 16.0 Å². The van der Waals surface area contributed by atoms with Crippen molar-refractivity contribution in [1.29, 1.82) is 0 Å². The van der Waals surface area contributed by atoms with Crippen molar-refractivity contribution in [1.82, 2.24) is 10.3 Å². The molecule has 0 unspecified atom stereocenters. The molecule has 6 nitrogen and oxygen atoms in total. The van der Waals surface area contributed by atoms with Gasteiger partial charge >= 0.3 is 0 Å². The molecule has 2 N–H and O–H groups in total. The molecule has 0 atom stereocenters. The number of rotatable bonds is 7. The monoisotopic (exact) mass is 431 g/mol. The molecule has 0 saturated carbocycles. The van der Waals surface area contributed by atoms with Crippen LogP contribution in [0.3, 0.4) is 0 Å². The van der Waals surface area contributed by atoms with Crippen molar-refractivity contribution in [2.45, 2.75) is 6.42 Å². The predicted octanol–water partition coefficient (Wildman–Crippen LogP) is 4.27. The number of amides is 2. The number of para-hydroxylation sites is 1. The SMILES string of the molecule is COc1ccccc1-c1csc(NC(=O)CNC(=O)Cc2cccc3ccccc23)n1. The number of carbonyl (C=O) groups excluding carboxylic acids is 2. The molecule has 31 heavy (non-hydrogen) atoms. The molecular weight excluding hydrogens is 410 g/mol. The van der Waals surface area contributed by atoms with E-state index in [1.54, 1.807) is 7.11 Å². The van der Waals surface area contributed by atoms with Gasteiger partial charge in [0.05, 0.1) is 25.8 Å². The molecule has 4 rings (SSSR count). The molecule has 1 aromatic heterocycles. The number of fused-ring (bicyclic) bond motifs is 1. The molecule has 2 amide bonds. The number of methoxy groups -OCH3 is 1. The first-order valence-corrected chi connectivity index (χ1v) is 10.6. The molecule has 7 heteroatoms. The first kappa shape index (κ1) is 20.6. The van der Waals surface area contributed by atoms with Gasteiger partial charge in [-0.15, -0.1) is 11.3 Å². The third-order valence-electron chi connectivity index (χ3n) is 4.81. The molecule has 4 aromatic rings. The van der Waals surface area contributed by atoms with Gasteiger partial charge in [0.25, 0.3) is 0 Å². The maximum atomic E-state index is 12.4. The van der Waals surface area contributed by atoms with Crippen LogP contribution in [0.25, 0.3) is 22.0 Å². The van der Waals surface area contributed by atoms with Crippen LogP contribution in [-0.4, -0.2) is 30.5 Å². The lowest BCUT2D eigenvalue weighted by atomic mass is 10.0. The minimum Gasteiger partial charge on any atom is -0.496 e. The molecular formula is C24H21N3O3S. The number of hydrogen-bond acceptors (Lipinski definition) is 5. The second kappa shape index (κ2) is 9.40. The van der Waals surface area contributed by atoms with E-state index in [2.05, 4.69) is 15.6 Å². The van der Waals surface area contributed by atoms with Gasteiger partial charge in [0.2, 0.25) is 11.8 Å². The summed E-state index contributed by atoms with van der Waals surface area (Å²) in [6.07, 6.45) is 0.212. The Balaban J connectivity index is 1.33. The van der Waals surface area contributed by atoms with Crippen LogP contribution in [0.2, 0.25) is 0 Å². The van der Waals surface area contributed by atoms with Crippen LogP contribution in [0.4, 0.5) is 5.13 Å². The Kier molecular flexibility index (Phi) is 6.24. The van der Waals surface area contributed by atoms with Crippen molar-refractivity contribution in [2.24, 2.45) is 0 Å². The Morgan fingerprint density at radius 3 is 2.61 bits per heavy atom. The number of nitrogens with zero attached hydrogens (tertiary/aromatic N) is 1. The molecule has 0 aliphatic carbocycles. The lowest BCUT2D eigenvalue weighted by Crippen LogP contribution is -2.33. The molecule has 0 saturated heterocycles. The number of anilines is 1. The summed E-state index contributed by atoms with van der Waals surface area (Å²) < 4.78 is 5.36. The van der Waals surface area contributed by atoms with E-state index in [1.165, 1.54) is 11.3 Å². The van der Waals surface area contributed by atoms with Crippen LogP contribution in [0.1, 0.15) is 5.56 Å². The highest BCUT2D eigenvalue weighted by atomic mass is 32.1. The summed E-state index contributed by atoms with van der Waals surface area (Å²) in [4.78, 5) is 29.1. The Morgan fingerprint density at radius 1 is 0.968 bits per heavy atom. The number of aromatic nitrogens is 1. The van der Waals surface area contributed by atoms with Crippen LogP contribution in [0, 0.1) is 0 Å². The number of ether oxygens (including phenoxy) is 1. The molecule has 3 aromatic carbocycles. The average Bonchev–Trinajstić information content (AvgIpc) is 3.26. The smallest absolute Gasteiger partial charge is 0.245 e. The maximum absolute atomic E-state index is 12.4. The molecule has 1 heterocycles. The van der Waals surface area contributed by atoms with Crippen LogP contribution in [0.15, 0.2) is 72.1 Å². The highest BCUT2D eigenvalue weighted by molar-refractivity contribution is 7.14. The second-order valence-electron chi connectivity index (χ2n) is 6.88. The first-order valence-electron chi connectivity index (χ1n) is 9.76. The highest BCUT2D eigenvalue weighted by Crippen LogP contribution is 2.31. The van der Waals surface area contributed by atoms with Crippen LogP contribution >= 0.6 is 11.3 Å². The molecule has 0 fully saturated rings. The van der Waals surface area contributed by atoms with E-state index in [4.69, 9.17) is 4.74 Å². The number of nitrogens with one attached hydrogen (secondary N) is 2. The Bertz CT molecular complexity index is 1230. The van der Waals surface area contributed by atoms with E-state index in [0.717, 1.165) is 27.6 Å². The minimum atomic E-state index is -0.327. The van der Waals surface area contributed by atoms with Crippen molar-refractivity contribution in [3.63, 3.8) is 0 Å². The van der Waals surface area contributed by atoms with Crippen molar-refractivity contribution in [3.8, 4) is 17.0 Å². The molecule has 0 aliphatic rings. The predicted molar refractivity (Wildman–Crippen MR) is 123 cm³/mol. The number of hydrogen-bond donors (Lipinski definition) is 2. The summed E-state index contributed by atoms with van der Waals surface area (Å²) in [6, 6.07) is 21.3. The summed E-state index contributed by atoms with van der Waals surface area (Å²) in [6.45, 7) is -0.118. The highest BCUT2D eigenvalue weighted by Gasteiger charge is 2.13. The molecule has 0 radical (unpaired) electrons. The molecule has 0 bridgehead atoms. The van der Waals surface area contributed by atoms with Gasteiger partial charge in [-0.1, -0.05) is 54.6 Å². The van der Waals surface area contributed by atoms with E-state index in [1.807, 2.05) is 72.1 Å². The van der Waals surface area contributed by atoms with Crippen molar-refractivity contribution < 1.29 is 14.3 Å². The average molecular weight is 432 g/mol. The van der Waals surface area contributed by atoms with Gasteiger partial charge in [-0.3, -0.25) is 9.59 Å². The third-order valence-corrected chi connectivity index (χ3v) is 5.57. The van der Waals surface area contributed by atoms with Crippen molar-refractivity contribution in [3.05, 3.63) is 77.7 Å². The van der Waals surface area contributed by atoms with E-state index in [0.29, 0.717) is 10.9 Å². The van der Waals surface area contributed by atoms with Crippen LogP contribution in [0.5, 0.6) is 5.75 Å². The van der Waals surface area contributed by atoms with E-state index in [9.17, 15) is 9.59 Å². The fraction of sp³-hybridized carbons (Fsp3) is 0.125. The number of carbonyl (C=O) groups is 2. The first-order chi connectivity index (χ1) is 15.1. The zero-order valence-corrected chi connectivity index (χ0v) is 17.7. The third kappa shape index (κ3) is 4.90. The van der Waals surface area contributed by atoms with E-state index in [-0.39, 0.29) is 24.8 Å². The zero-order chi connectivity index (χ0) is 21.6. The summed E-state index contributed by atoms with van der Waals surface area (Å²) in [5, 5.41) is 9.85. The normalized spacial score (nSPS) is 10.6. The van der Waals surface area contributed by atoms with Gasteiger partial charge in [-0.25, -0.2) is 4.98 Å². The lowest BCUT2D eigenvalue weighted by molar-refractivity contribution is -0.123. The Hall–Kier alpha value is -3.71. The molecule has 0 spiro atoms. The molecule has 0 aliphatic heterocycles. The molecule has 156 valence electrons. The summed E-state index contributed by atoms with van der Waals surface area (Å²) in [7, 11) is 1.61. The van der Waals surface area contributed by atoms with Gasteiger partial charge < -0.3 is 15.4 Å². The van der Waals surface area contributed by atoms with E-state index < -0.39 is 0 Å². The largest absolute Gasteiger partial charge is 0.496 e. The van der Waals surface area contributed by atoms with Crippen molar-refractivity contribution in [2.75, 3.05) is 19.0 Å². The fourth-order valence-electron chi connectivity index (χ4n) is 3.34. The second-order valence-corrected chi connectivity index (χ2v) is 7.74. The summed E-state index contributed by atoms with van der Waals surface area (Å²) in [5.74, 6) is 0.180. The summed E-state index contributed by atoms with van der Waals surface area (Å²) in [5.41, 5.74) is 2.50. The van der Waals surface area contributed by atoms with Crippen LogP contribution < -0.4 is 15.4 Å². The number of thiazole rings is 1. The minimum absolute atomic E-state index is 0.118. The lowest BCUT2D eigenvalue weighted by Gasteiger charge is -2.08. The van der Waals surface area contributed by atoms with Gasteiger partial charge in [0, 0.05) is 10.9 Å². The summed E-state index contributed by atoms with van der Waals surface area (Å²) >= 11 is 1.32. The Morgan fingerprint density at radius 2 is 1.74 bits per heavy atom. The zero-order valence-electron chi connectivity index (χ0n) is 16.9.